The molecule has 1 saturated heterocycles. The van der Waals surface area contributed by atoms with E-state index in [4.69, 9.17) is 23.2 Å². The summed E-state index contributed by atoms with van der Waals surface area (Å²) in [5.41, 5.74) is 0.348. The van der Waals surface area contributed by atoms with Gasteiger partial charge in [-0.15, -0.1) is 10.2 Å². The van der Waals surface area contributed by atoms with Crippen LogP contribution in [0, 0.1) is 5.92 Å². The van der Waals surface area contributed by atoms with Crippen molar-refractivity contribution in [2.45, 2.75) is 39.0 Å². The monoisotopic (exact) mass is 315 g/mol. The zero-order valence-corrected chi connectivity index (χ0v) is 13.1. The molecule has 0 aromatic carbocycles. The molecule has 110 valence electrons. The summed E-state index contributed by atoms with van der Waals surface area (Å²) in [5.74, 6) is 0.636. The highest BCUT2D eigenvalue weighted by Crippen LogP contribution is 2.24. The molecule has 0 radical (unpaired) electrons. The van der Waals surface area contributed by atoms with E-state index in [1.54, 1.807) is 0 Å². The van der Waals surface area contributed by atoms with Gasteiger partial charge < -0.3 is 4.90 Å². The van der Waals surface area contributed by atoms with E-state index in [-0.39, 0.29) is 16.2 Å². The number of carbonyl (C=O) groups excluding carboxylic acids is 1. The SMILES string of the molecule is CCCC1CCCN(C(=O)c2cc(Cl)nnc2Cl)CC1. The van der Waals surface area contributed by atoms with Gasteiger partial charge in [-0.1, -0.05) is 43.0 Å². The largest absolute Gasteiger partial charge is 0.339 e. The van der Waals surface area contributed by atoms with E-state index in [0.29, 0.717) is 5.56 Å². The number of amides is 1. The molecule has 0 N–H and O–H groups in total. The third-order valence-corrected chi connectivity index (χ3v) is 4.25. The van der Waals surface area contributed by atoms with Gasteiger partial charge in [0.05, 0.1) is 5.56 Å². The number of rotatable bonds is 3. The molecule has 20 heavy (non-hydrogen) atoms. The molecule has 1 unspecified atom stereocenters. The summed E-state index contributed by atoms with van der Waals surface area (Å²) < 4.78 is 0. The second-order valence-corrected chi connectivity index (χ2v) is 5.99. The first-order valence-electron chi connectivity index (χ1n) is 7.09. The summed E-state index contributed by atoms with van der Waals surface area (Å²) in [4.78, 5) is 14.4. The molecule has 2 rings (SSSR count). The van der Waals surface area contributed by atoms with Gasteiger partial charge in [0.15, 0.2) is 10.3 Å². The Morgan fingerprint density at radius 1 is 1.35 bits per heavy atom. The Balaban J connectivity index is 2.07. The fraction of sp³-hybridized carbons (Fsp3) is 0.643. The molecule has 1 aromatic heterocycles. The molecule has 0 bridgehead atoms. The summed E-state index contributed by atoms with van der Waals surface area (Å²) >= 11 is 11.7. The molecular formula is C14H19Cl2N3O. The van der Waals surface area contributed by atoms with Gasteiger partial charge >= 0.3 is 0 Å². The Labute approximate surface area is 129 Å². The molecule has 1 amide bonds. The maximum atomic E-state index is 12.5. The van der Waals surface area contributed by atoms with E-state index in [2.05, 4.69) is 17.1 Å². The highest BCUT2D eigenvalue weighted by atomic mass is 35.5. The van der Waals surface area contributed by atoms with E-state index in [0.717, 1.165) is 31.8 Å². The van der Waals surface area contributed by atoms with Crippen LogP contribution in [-0.2, 0) is 0 Å². The van der Waals surface area contributed by atoms with E-state index < -0.39 is 0 Å². The molecule has 1 atom stereocenters. The number of hydrogen-bond donors (Lipinski definition) is 0. The van der Waals surface area contributed by atoms with Crippen LogP contribution in [0.4, 0.5) is 0 Å². The normalized spacial score (nSPS) is 19.8. The molecule has 0 spiro atoms. The predicted molar refractivity (Wildman–Crippen MR) is 80.2 cm³/mol. The van der Waals surface area contributed by atoms with Crippen LogP contribution in [0.15, 0.2) is 6.07 Å². The molecule has 1 aromatic rings. The van der Waals surface area contributed by atoms with Crippen molar-refractivity contribution >= 4 is 29.1 Å². The van der Waals surface area contributed by atoms with Gasteiger partial charge in [0, 0.05) is 13.1 Å². The van der Waals surface area contributed by atoms with Crippen molar-refractivity contribution in [3.8, 4) is 0 Å². The maximum absolute atomic E-state index is 12.5. The smallest absolute Gasteiger partial charge is 0.257 e. The Hall–Kier alpha value is -0.870. The minimum Gasteiger partial charge on any atom is -0.339 e. The van der Waals surface area contributed by atoms with Crippen LogP contribution >= 0.6 is 23.2 Å². The number of halogens is 2. The first-order valence-corrected chi connectivity index (χ1v) is 7.85. The topological polar surface area (TPSA) is 46.1 Å². The molecule has 2 heterocycles. The van der Waals surface area contributed by atoms with Crippen LogP contribution in [0.5, 0.6) is 0 Å². The van der Waals surface area contributed by atoms with E-state index in [1.807, 2.05) is 4.90 Å². The van der Waals surface area contributed by atoms with Gasteiger partial charge in [0.1, 0.15) is 0 Å². The zero-order chi connectivity index (χ0) is 14.5. The minimum atomic E-state index is -0.0936. The first-order chi connectivity index (χ1) is 9.61. The van der Waals surface area contributed by atoms with Gasteiger partial charge in [0.25, 0.3) is 5.91 Å². The number of likely N-dealkylation sites (tertiary alicyclic amines) is 1. The maximum Gasteiger partial charge on any atom is 0.257 e. The fourth-order valence-corrected chi connectivity index (χ4v) is 3.06. The average Bonchev–Trinajstić information content (AvgIpc) is 2.67. The molecule has 1 aliphatic rings. The van der Waals surface area contributed by atoms with Crippen molar-refractivity contribution in [1.29, 1.82) is 0 Å². The summed E-state index contributed by atoms with van der Waals surface area (Å²) in [7, 11) is 0. The van der Waals surface area contributed by atoms with Crippen LogP contribution in [0.3, 0.4) is 0 Å². The van der Waals surface area contributed by atoms with Crippen LogP contribution < -0.4 is 0 Å². The van der Waals surface area contributed by atoms with E-state index in [1.165, 1.54) is 25.3 Å². The molecule has 1 fully saturated rings. The Bertz CT molecular complexity index is 481. The lowest BCUT2D eigenvalue weighted by Crippen LogP contribution is -2.32. The standard InChI is InChI=1S/C14H19Cl2N3O/c1-2-4-10-5-3-7-19(8-6-10)14(20)11-9-12(15)17-18-13(11)16/h9-10H,2-8H2,1H3. The summed E-state index contributed by atoms with van der Waals surface area (Å²) in [5, 5.41) is 7.64. The van der Waals surface area contributed by atoms with Crippen molar-refractivity contribution in [1.82, 2.24) is 15.1 Å². The van der Waals surface area contributed by atoms with Crippen molar-refractivity contribution in [3.63, 3.8) is 0 Å². The molecule has 4 nitrogen and oxygen atoms in total. The van der Waals surface area contributed by atoms with Gasteiger partial charge in [0.2, 0.25) is 0 Å². The van der Waals surface area contributed by atoms with Gasteiger partial charge in [-0.3, -0.25) is 4.79 Å². The summed E-state index contributed by atoms with van der Waals surface area (Å²) in [6.45, 7) is 3.76. The fourth-order valence-electron chi connectivity index (χ4n) is 2.74. The lowest BCUT2D eigenvalue weighted by Gasteiger charge is -2.21. The lowest BCUT2D eigenvalue weighted by molar-refractivity contribution is 0.0759. The summed E-state index contributed by atoms with van der Waals surface area (Å²) in [6, 6.07) is 1.49. The zero-order valence-electron chi connectivity index (χ0n) is 11.6. The minimum absolute atomic E-state index is 0.0936. The van der Waals surface area contributed by atoms with Crippen LogP contribution in [-0.4, -0.2) is 34.1 Å². The van der Waals surface area contributed by atoms with Crippen LogP contribution in [0.1, 0.15) is 49.4 Å². The van der Waals surface area contributed by atoms with E-state index >= 15 is 0 Å². The molecule has 6 heteroatoms. The average molecular weight is 316 g/mol. The highest BCUT2D eigenvalue weighted by Gasteiger charge is 2.23. The Morgan fingerprint density at radius 3 is 2.90 bits per heavy atom. The number of carbonyl (C=O) groups is 1. The quantitative estimate of drug-likeness (QED) is 0.851. The summed E-state index contributed by atoms with van der Waals surface area (Å²) in [6.07, 6.45) is 5.74. The number of nitrogens with zero attached hydrogens (tertiary/aromatic N) is 3. The van der Waals surface area contributed by atoms with Crippen molar-refractivity contribution < 1.29 is 4.79 Å². The second-order valence-electron chi connectivity index (χ2n) is 5.25. The van der Waals surface area contributed by atoms with Gasteiger partial charge in [-0.25, -0.2) is 0 Å². The van der Waals surface area contributed by atoms with Crippen LogP contribution in [0.2, 0.25) is 10.3 Å². The second kappa shape index (κ2) is 7.23. The lowest BCUT2D eigenvalue weighted by atomic mass is 9.96. The van der Waals surface area contributed by atoms with Crippen molar-refractivity contribution in [3.05, 3.63) is 21.9 Å². The number of aromatic nitrogens is 2. The molecule has 1 aliphatic heterocycles. The Kier molecular flexibility index (Phi) is 5.61. The van der Waals surface area contributed by atoms with Crippen LogP contribution in [0.25, 0.3) is 0 Å². The molecular weight excluding hydrogens is 297 g/mol. The first kappa shape index (κ1) is 15.5. The number of hydrogen-bond acceptors (Lipinski definition) is 3. The highest BCUT2D eigenvalue weighted by molar-refractivity contribution is 6.34. The molecule has 0 aliphatic carbocycles. The third-order valence-electron chi connectivity index (χ3n) is 3.78. The van der Waals surface area contributed by atoms with E-state index in [9.17, 15) is 4.79 Å². The van der Waals surface area contributed by atoms with Crippen molar-refractivity contribution in [2.24, 2.45) is 5.92 Å². The van der Waals surface area contributed by atoms with Gasteiger partial charge in [-0.05, 0) is 31.2 Å². The third kappa shape index (κ3) is 3.83. The molecule has 0 saturated carbocycles. The predicted octanol–water partition coefficient (Wildman–Crippen LogP) is 3.83. The Morgan fingerprint density at radius 2 is 2.15 bits per heavy atom. The van der Waals surface area contributed by atoms with Crippen molar-refractivity contribution in [2.75, 3.05) is 13.1 Å². The van der Waals surface area contributed by atoms with Gasteiger partial charge in [-0.2, -0.15) is 0 Å².